The molecule has 2 N–H and O–H groups in total. The molecule has 1 fully saturated rings. The van der Waals surface area contributed by atoms with E-state index in [4.69, 9.17) is 28.9 Å². The lowest BCUT2D eigenvalue weighted by molar-refractivity contribution is -0.385. The third kappa shape index (κ3) is 11.8. The number of benzene rings is 5. The fourth-order valence-corrected chi connectivity index (χ4v) is 10.4. The van der Waals surface area contributed by atoms with Crippen molar-refractivity contribution < 1.29 is 53.0 Å². The second-order valence-corrected chi connectivity index (χ2v) is 18.7. The van der Waals surface area contributed by atoms with Gasteiger partial charge in [0.05, 0.1) is 28.1 Å². The van der Waals surface area contributed by atoms with Crippen LogP contribution in [-0.4, -0.2) is 68.4 Å². The van der Waals surface area contributed by atoms with E-state index in [1.807, 2.05) is 50.2 Å². The largest absolute Gasteiger partial charge is 0.459 e. The average Bonchev–Trinajstić information content (AvgIpc) is 3.38. The van der Waals surface area contributed by atoms with Gasteiger partial charge in [-0.15, -0.1) is 6.58 Å². The van der Waals surface area contributed by atoms with Crippen LogP contribution in [0.15, 0.2) is 139 Å². The summed E-state index contributed by atoms with van der Waals surface area (Å²) in [6.45, 7) is 7.83. The number of fused-ring (bicyclic) bond motifs is 2. The van der Waals surface area contributed by atoms with Gasteiger partial charge in [0, 0.05) is 61.9 Å². The number of ether oxygens (including phenoxy) is 4. The number of aliphatic hydroxyl groups is 2. The van der Waals surface area contributed by atoms with Gasteiger partial charge in [0.1, 0.15) is 41.5 Å². The number of aliphatic hydroxyl groups excluding tert-OH is 2. The molecule has 0 unspecified atom stereocenters. The topological polar surface area (TPSA) is 206 Å². The van der Waals surface area contributed by atoms with Crippen LogP contribution in [0.3, 0.4) is 0 Å². The SMILES string of the molecule is C=CCO[C@@]12Oc3ccc(Oc4ccc(C)c(C)c4)cc3[C@H]3[C@H](CCCCO)[C@@H](CCCCO)C=C(C(=NOCc4ccc([N+](=O)[O-])cc4)C[C@@H]1N(Cc1ccc(F)cc1)C(=O)Oc1ccc([N+](=O)[O-])cc1)[C@H]32. The number of allylic oxidation sites excluding steroid dienone is 1. The van der Waals surface area contributed by atoms with Gasteiger partial charge in [-0.3, -0.25) is 25.1 Å². The summed E-state index contributed by atoms with van der Waals surface area (Å²) in [5.74, 6) is -1.86. The molecule has 1 saturated carbocycles. The number of non-ortho nitro benzene ring substituents is 2. The van der Waals surface area contributed by atoms with Crippen LogP contribution in [0.2, 0.25) is 0 Å². The van der Waals surface area contributed by atoms with Gasteiger partial charge in [-0.25, -0.2) is 9.18 Å². The summed E-state index contributed by atoms with van der Waals surface area (Å²) in [6.07, 6.45) is 6.78. The molecule has 3 aliphatic rings. The first-order chi connectivity index (χ1) is 35.3. The number of halogens is 1. The number of unbranched alkanes of at least 4 members (excludes halogenated alkanes) is 2. The second kappa shape index (κ2) is 23.4. The zero-order valence-corrected chi connectivity index (χ0v) is 40.8. The zero-order chi connectivity index (χ0) is 51.6. The minimum absolute atomic E-state index is 0.00266. The molecule has 16 nitrogen and oxygen atoms in total. The van der Waals surface area contributed by atoms with Crippen molar-refractivity contribution in [2.24, 2.45) is 22.9 Å². The summed E-state index contributed by atoms with van der Waals surface area (Å²) < 4.78 is 41.6. The number of nitro benzene ring substituents is 2. The van der Waals surface area contributed by atoms with Gasteiger partial charge in [-0.2, -0.15) is 0 Å². The van der Waals surface area contributed by atoms with Crippen LogP contribution in [0.25, 0.3) is 0 Å². The highest BCUT2D eigenvalue weighted by Crippen LogP contribution is 2.62. The third-order valence-corrected chi connectivity index (χ3v) is 14.0. The van der Waals surface area contributed by atoms with Crippen LogP contribution in [0.5, 0.6) is 23.0 Å². The summed E-state index contributed by atoms with van der Waals surface area (Å²) >= 11 is 0. The van der Waals surface area contributed by atoms with Crippen molar-refractivity contribution >= 4 is 23.2 Å². The molecule has 6 atom stereocenters. The van der Waals surface area contributed by atoms with E-state index in [1.165, 1.54) is 53.4 Å². The summed E-state index contributed by atoms with van der Waals surface area (Å²) in [5, 5.41) is 48.0. The van der Waals surface area contributed by atoms with Crippen molar-refractivity contribution in [1.29, 1.82) is 0 Å². The number of carbonyl (C=O) groups excluding carboxylic acids is 1. The number of aryl methyl sites for hydroxylation is 2. The lowest BCUT2D eigenvalue weighted by atomic mass is 9.55. The lowest BCUT2D eigenvalue weighted by Crippen LogP contribution is -2.70. The molecule has 0 spiro atoms. The van der Waals surface area contributed by atoms with Crippen LogP contribution in [0.4, 0.5) is 20.6 Å². The van der Waals surface area contributed by atoms with E-state index in [-0.39, 0.29) is 68.4 Å². The Morgan fingerprint density at radius 3 is 2.12 bits per heavy atom. The quantitative estimate of drug-likeness (QED) is 0.0287. The molecule has 2 aliphatic carbocycles. The predicted octanol–water partition coefficient (Wildman–Crippen LogP) is 11.6. The Morgan fingerprint density at radius 2 is 1.47 bits per heavy atom. The highest BCUT2D eigenvalue weighted by Gasteiger charge is 2.66. The van der Waals surface area contributed by atoms with Crippen LogP contribution < -0.4 is 14.2 Å². The molecule has 5 aromatic rings. The number of amides is 1. The fourth-order valence-electron chi connectivity index (χ4n) is 10.4. The van der Waals surface area contributed by atoms with Gasteiger partial charge in [0.2, 0.25) is 5.79 Å². The van der Waals surface area contributed by atoms with Crippen molar-refractivity contribution in [1.82, 2.24) is 4.90 Å². The Bertz CT molecular complexity index is 2840. The van der Waals surface area contributed by atoms with Gasteiger partial charge in [0.25, 0.3) is 11.4 Å². The monoisotopic (exact) mass is 998 g/mol. The first-order valence-corrected chi connectivity index (χ1v) is 24.5. The van der Waals surface area contributed by atoms with E-state index >= 15 is 4.79 Å². The molecule has 0 saturated heterocycles. The van der Waals surface area contributed by atoms with Crippen LogP contribution in [-0.2, 0) is 22.7 Å². The van der Waals surface area contributed by atoms with Crippen LogP contribution in [0.1, 0.15) is 78.7 Å². The summed E-state index contributed by atoms with van der Waals surface area (Å²) in [6, 6.07) is 27.2. The number of oxime groups is 1. The molecule has 0 aromatic heterocycles. The Hall–Kier alpha value is -7.47. The number of hydrogen-bond donors (Lipinski definition) is 2. The van der Waals surface area contributed by atoms with Gasteiger partial charge in [-0.1, -0.05) is 48.3 Å². The van der Waals surface area contributed by atoms with Crippen molar-refractivity contribution in [2.75, 3.05) is 19.8 Å². The van der Waals surface area contributed by atoms with Crippen molar-refractivity contribution in [3.8, 4) is 23.0 Å². The van der Waals surface area contributed by atoms with E-state index in [9.17, 15) is 34.8 Å². The van der Waals surface area contributed by atoms with E-state index in [0.717, 1.165) is 22.3 Å². The third-order valence-electron chi connectivity index (χ3n) is 14.0. The van der Waals surface area contributed by atoms with E-state index in [0.29, 0.717) is 72.6 Å². The van der Waals surface area contributed by atoms with E-state index < -0.39 is 45.4 Å². The number of nitrogens with zero attached hydrogens (tertiary/aromatic N) is 4. The maximum absolute atomic E-state index is 15.1. The van der Waals surface area contributed by atoms with E-state index in [2.05, 4.69) is 12.7 Å². The predicted molar refractivity (Wildman–Crippen MR) is 270 cm³/mol. The molecular weight excluding hydrogens is 940 g/mol. The first kappa shape index (κ1) is 51.9. The lowest BCUT2D eigenvalue weighted by Gasteiger charge is -2.59. The van der Waals surface area contributed by atoms with Crippen molar-refractivity contribution in [3.05, 3.63) is 187 Å². The molecule has 73 heavy (non-hydrogen) atoms. The normalized spacial score (nSPS) is 21.2. The van der Waals surface area contributed by atoms with Gasteiger partial charge in [-0.05, 0) is 146 Å². The maximum Gasteiger partial charge on any atom is 0.416 e. The summed E-state index contributed by atoms with van der Waals surface area (Å²) in [5.41, 5.74) is 5.07. The molecule has 382 valence electrons. The zero-order valence-electron chi connectivity index (χ0n) is 40.8. The van der Waals surface area contributed by atoms with Gasteiger partial charge >= 0.3 is 6.09 Å². The minimum atomic E-state index is -1.72. The summed E-state index contributed by atoms with van der Waals surface area (Å²) in [4.78, 5) is 44.8. The second-order valence-electron chi connectivity index (χ2n) is 18.7. The maximum atomic E-state index is 15.1. The Morgan fingerprint density at radius 1 is 0.836 bits per heavy atom. The number of rotatable bonds is 22. The van der Waals surface area contributed by atoms with Crippen molar-refractivity contribution in [3.63, 3.8) is 0 Å². The smallest absolute Gasteiger partial charge is 0.416 e. The standard InChI is InChI=1S/C56H59FN4O12/c1-4-29-69-56-52(59(34-38-12-16-41(57)17-13-38)55(64)72-44-23-20-43(21-24-44)61(67)68)33-50(58-70-35-39-14-18-42(19-15-39)60(65)66)48-31-40(9-5-7-27-62)47(10-6-8-28-63)53(54(48)56)49-32-46(25-26-51(49)73-56)71-45-22-11-36(2)37(3)30-45/h4,11-26,30-32,40,47,52-54,62-63H,1,5-10,27-29,33-35H2,2-3H3/t40-,47+,52-,53+,54+,56+/m0/s1. The Labute approximate surface area is 422 Å². The molecule has 0 bridgehead atoms. The molecule has 1 heterocycles. The molecule has 1 amide bonds. The highest BCUT2D eigenvalue weighted by molar-refractivity contribution is 6.03. The van der Waals surface area contributed by atoms with Crippen LogP contribution in [0, 0.1) is 57.6 Å². The van der Waals surface area contributed by atoms with E-state index in [1.54, 1.807) is 30.3 Å². The number of hydrogen-bond acceptors (Lipinski definition) is 13. The Kier molecular flexibility index (Phi) is 16.6. The summed E-state index contributed by atoms with van der Waals surface area (Å²) in [7, 11) is 0. The molecule has 8 rings (SSSR count). The highest BCUT2D eigenvalue weighted by atomic mass is 19.1. The molecule has 5 aromatic carbocycles. The number of carbonyl (C=O) groups is 1. The fraction of sp³-hybridized carbons (Fsp3) is 0.357. The molecular formula is C56H59FN4O12. The first-order valence-electron chi connectivity index (χ1n) is 24.5. The average molecular weight is 999 g/mol. The van der Waals surface area contributed by atoms with Gasteiger partial charge in [0.15, 0.2) is 0 Å². The molecule has 17 heteroatoms. The number of nitro groups is 2. The molecule has 0 radical (unpaired) electrons. The van der Waals surface area contributed by atoms with Crippen LogP contribution >= 0.6 is 0 Å². The van der Waals surface area contributed by atoms with Crippen molar-refractivity contribution in [2.45, 2.75) is 89.7 Å². The Balaban J connectivity index is 1.34. The molecule has 1 aliphatic heterocycles. The van der Waals surface area contributed by atoms with Gasteiger partial charge < -0.3 is 34.0 Å². The minimum Gasteiger partial charge on any atom is -0.459 e.